The number of aromatic nitrogens is 2. The van der Waals surface area contributed by atoms with Crippen molar-refractivity contribution in [3.8, 4) is 17.1 Å². The summed E-state index contributed by atoms with van der Waals surface area (Å²) < 4.78 is 25.4. The van der Waals surface area contributed by atoms with Crippen LogP contribution in [-0.4, -0.2) is 39.2 Å². The fourth-order valence-electron chi connectivity index (χ4n) is 2.42. The van der Waals surface area contributed by atoms with Crippen LogP contribution in [0, 0.1) is 0 Å². The third-order valence-electron chi connectivity index (χ3n) is 3.92. The Morgan fingerprint density at radius 3 is 2.57 bits per heavy atom. The van der Waals surface area contributed by atoms with Crippen LogP contribution in [0.15, 0.2) is 36.4 Å². The number of hydrogen-bond acceptors (Lipinski definition) is 7. The van der Waals surface area contributed by atoms with Gasteiger partial charge in [-0.3, -0.25) is 4.79 Å². The molecular formula is C20H27N3O4S. The molecule has 152 valence electrons. The second-order valence-corrected chi connectivity index (χ2v) is 9.14. The molecule has 1 heterocycles. The second kappa shape index (κ2) is 9.86. The Hall–Kier alpha value is -2.16. The highest BCUT2D eigenvalue weighted by atomic mass is 32.2. The Morgan fingerprint density at radius 1 is 1.25 bits per heavy atom. The molecule has 0 radical (unpaired) electrons. The highest BCUT2D eigenvalue weighted by molar-refractivity contribution is 7.90. The predicted molar refractivity (Wildman–Crippen MR) is 109 cm³/mol. The Morgan fingerprint density at radius 2 is 2.00 bits per heavy atom. The van der Waals surface area contributed by atoms with Gasteiger partial charge in [0.05, 0.1) is 31.9 Å². The zero-order valence-corrected chi connectivity index (χ0v) is 17.7. The number of nitrogens with one attached hydrogen (secondary N) is 1. The summed E-state index contributed by atoms with van der Waals surface area (Å²) in [5.41, 5.74) is 2.33. The number of methoxy groups -OCH3 is 1. The molecule has 0 aliphatic heterocycles. The van der Waals surface area contributed by atoms with Gasteiger partial charge in [0.1, 0.15) is 4.75 Å². The van der Waals surface area contributed by atoms with E-state index < -0.39 is 22.2 Å². The third-order valence-corrected chi connectivity index (χ3v) is 5.53. The molecule has 2 atom stereocenters. The molecule has 1 N–H and O–H groups in total. The minimum atomic E-state index is -1.35. The Kier molecular flexibility index (Phi) is 7.79. The van der Waals surface area contributed by atoms with E-state index in [1.165, 1.54) is 7.11 Å². The SMILES string of the molecule is CCOC(=O)C[C@H](N[S+]([O-])C(C)(C)C)c1cccc(-c2ccc(OC)nn2)c1. The lowest BCUT2D eigenvalue weighted by Crippen LogP contribution is -2.42. The fraction of sp³-hybridized carbons (Fsp3) is 0.450. The van der Waals surface area contributed by atoms with Crippen molar-refractivity contribution in [2.75, 3.05) is 13.7 Å². The quantitative estimate of drug-likeness (QED) is 0.532. The van der Waals surface area contributed by atoms with Crippen molar-refractivity contribution < 1.29 is 18.8 Å². The Bertz CT molecular complexity index is 778. The van der Waals surface area contributed by atoms with E-state index in [1.54, 1.807) is 13.0 Å². The van der Waals surface area contributed by atoms with Crippen LogP contribution in [0.4, 0.5) is 0 Å². The molecule has 0 aliphatic carbocycles. The zero-order valence-electron chi connectivity index (χ0n) is 16.9. The number of hydrogen-bond donors (Lipinski definition) is 1. The van der Waals surface area contributed by atoms with Gasteiger partial charge in [-0.05, 0) is 45.4 Å². The summed E-state index contributed by atoms with van der Waals surface area (Å²) >= 11 is -1.35. The number of ether oxygens (including phenoxy) is 2. The molecule has 0 aliphatic rings. The molecule has 0 bridgehead atoms. The van der Waals surface area contributed by atoms with Gasteiger partial charge in [0.15, 0.2) is 0 Å². The summed E-state index contributed by atoms with van der Waals surface area (Å²) in [6, 6.07) is 10.7. The first-order valence-electron chi connectivity index (χ1n) is 9.06. The molecule has 0 amide bonds. The van der Waals surface area contributed by atoms with E-state index in [0.29, 0.717) is 18.2 Å². The molecular weight excluding hydrogens is 378 g/mol. The highest BCUT2D eigenvalue weighted by Gasteiger charge is 2.31. The van der Waals surface area contributed by atoms with Crippen LogP contribution in [-0.2, 0) is 20.9 Å². The molecule has 1 aromatic carbocycles. The number of rotatable bonds is 8. The van der Waals surface area contributed by atoms with E-state index in [9.17, 15) is 9.35 Å². The van der Waals surface area contributed by atoms with Gasteiger partial charge in [-0.25, -0.2) is 0 Å². The van der Waals surface area contributed by atoms with Crippen LogP contribution >= 0.6 is 0 Å². The summed E-state index contributed by atoms with van der Waals surface area (Å²) in [7, 11) is 1.53. The van der Waals surface area contributed by atoms with E-state index in [1.807, 2.05) is 51.1 Å². The number of benzene rings is 1. The fourth-order valence-corrected chi connectivity index (χ4v) is 3.25. The van der Waals surface area contributed by atoms with Crippen LogP contribution in [0.2, 0.25) is 0 Å². The summed E-state index contributed by atoms with van der Waals surface area (Å²) in [6.07, 6.45) is 0.0768. The van der Waals surface area contributed by atoms with E-state index in [-0.39, 0.29) is 12.4 Å². The normalized spacial score (nSPS) is 13.6. The van der Waals surface area contributed by atoms with Gasteiger partial charge < -0.3 is 14.0 Å². The smallest absolute Gasteiger partial charge is 0.307 e. The number of carbonyl (C=O) groups is 1. The lowest BCUT2D eigenvalue weighted by molar-refractivity contribution is -0.143. The van der Waals surface area contributed by atoms with Crippen LogP contribution in [0.5, 0.6) is 5.88 Å². The van der Waals surface area contributed by atoms with Crippen molar-refractivity contribution in [3.63, 3.8) is 0 Å². The molecule has 1 unspecified atom stereocenters. The maximum atomic E-state index is 12.6. The van der Waals surface area contributed by atoms with Gasteiger partial charge in [0.2, 0.25) is 5.88 Å². The van der Waals surface area contributed by atoms with Gasteiger partial charge in [0.25, 0.3) is 0 Å². The predicted octanol–water partition coefficient (Wildman–Crippen LogP) is 3.20. The van der Waals surface area contributed by atoms with Crippen molar-refractivity contribution in [3.05, 3.63) is 42.0 Å². The first kappa shape index (κ1) is 22.1. The highest BCUT2D eigenvalue weighted by Crippen LogP contribution is 2.27. The molecule has 2 rings (SSSR count). The van der Waals surface area contributed by atoms with Crippen molar-refractivity contribution in [1.82, 2.24) is 14.9 Å². The zero-order chi connectivity index (χ0) is 20.7. The lowest BCUT2D eigenvalue weighted by atomic mass is 10.0. The third kappa shape index (κ3) is 6.19. The average Bonchev–Trinajstić information content (AvgIpc) is 2.67. The molecule has 28 heavy (non-hydrogen) atoms. The van der Waals surface area contributed by atoms with Crippen LogP contribution in [0.1, 0.15) is 45.7 Å². The van der Waals surface area contributed by atoms with Crippen LogP contribution in [0.3, 0.4) is 0 Å². The summed E-state index contributed by atoms with van der Waals surface area (Å²) in [4.78, 5) is 12.1. The van der Waals surface area contributed by atoms with Gasteiger partial charge in [-0.15, -0.1) is 14.9 Å². The van der Waals surface area contributed by atoms with Crippen molar-refractivity contribution in [2.45, 2.75) is 44.9 Å². The first-order valence-corrected chi connectivity index (χ1v) is 10.2. The Labute approximate surface area is 169 Å². The van der Waals surface area contributed by atoms with Crippen molar-refractivity contribution in [2.24, 2.45) is 0 Å². The average molecular weight is 406 g/mol. The van der Waals surface area contributed by atoms with Crippen molar-refractivity contribution in [1.29, 1.82) is 0 Å². The first-order chi connectivity index (χ1) is 13.2. The Balaban J connectivity index is 2.31. The molecule has 0 fully saturated rings. The summed E-state index contributed by atoms with van der Waals surface area (Å²) in [5, 5.41) is 8.15. The van der Waals surface area contributed by atoms with E-state index in [4.69, 9.17) is 9.47 Å². The minimum absolute atomic E-state index is 0.0768. The molecule has 2 aromatic rings. The van der Waals surface area contributed by atoms with E-state index in [0.717, 1.165) is 11.1 Å². The second-order valence-electron chi connectivity index (χ2n) is 7.15. The molecule has 7 nitrogen and oxygen atoms in total. The number of esters is 1. The van der Waals surface area contributed by atoms with Gasteiger partial charge in [-0.1, -0.05) is 18.2 Å². The topological polar surface area (TPSA) is 96.4 Å². The standard InChI is InChI=1S/C20H27N3O4S/c1-6-27-19(24)13-17(23-28(25)20(2,3)4)15-9-7-8-14(12-15)16-10-11-18(26-5)22-21-16/h7-12,17,23H,6,13H2,1-5H3/t17-,28?/m0/s1. The summed E-state index contributed by atoms with van der Waals surface area (Å²) in [6.45, 7) is 7.69. The molecule has 8 heteroatoms. The number of carbonyl (C=O) groups excluding carboxylic acids is 1. The van der Waals surface area contributed by atoms with Crippen LogP contribution in [0.25, 0.3) is 11.3 Å². The number of nitrogens with zero attached hydrogens (tertiary/aromatic N) is 2. The van der Waals surface area contributed by atoms with Crippen molar-refractivity contribution >= 4 is 17.3 Å². The monoisotopic (exact) mass is 405 g/mol. The molecule has 0 spiro atoms. The molecule has 0 saturated carbocycles. The van der Waals surface area contributed by atoms with E-state index in [2.05, 4.69) is 14.9 Å². The summed E-state index contributed by atoms with van der Waals surface area (Å²) in [5.74, 6) is 0.0860. The minimum Gasteiger partial charge on any atom is -0.598 e. The maximum Gasteiger partial charge on any atom is 0.307 e. The van der Waals surface area contributed by atoms with E-state index >= 15 is 0 Å². The molecule has 0 saturated heterocycles. The maximum absolute atomic E-state index is 12.6. The van der Waals surface area contributed by atoms with Gasteiger partial charge in [-0.2, -0.15) is 0 Å². The lowest BCUT2D eigenvalue weighted by Gasteiger charge is -2.28. The largest absolute Gasteiger partial charge is 0.598 e. The molecule has 1 aromatic heterocycles. The van der Waals surface area contributed by atoms with Crippen LogP contribution < -0.4 is 9.46 Å². The van der Waals surface area contributed by atoms with Gasteiger partial charge >= 0.3 is 5.97 Å². The van der Waals surface area contributed by atoms with Gasteiger partial charge in [0, 0.05) is 23.0 Å².